The molecule has 0 aliphatic rings. The fourth-order valence-corrected chi connectivity index (χ4v) is 3.01. The van der Waals surface area contributed by atoms with Crippen molar-refractivity contribution in [3.8, 4) is 0 Å². The van der Waals surface area contributed by atoms with E-state index in [9.17, 15) is 9.59 Å². The van der Waals surface area contributed by atoms with Crippen LogP contribution in [0.15, 0.2) is 35.7 Å². The van der Waals surface area contributed by atoms with E-state index >= 15 is 0 Å². The van der Waals surface area contributed by atoms with Crippen LogP contribution in [0, 0.1) is 0 Å². The van der Waals surface area contributed by atoms with E-state index in [2.05, 4.69) is 15.6 Å². The average Bonchev–Trinajstić information content (AvgIpc) is 3.09. The van der Waals surface area contributed by atoms with E-state index in [0.717, 1.165) is 17.1 Å². The summed E-state index contributed by atoms with van der Waals surface area (Å²) in [4.78, 5) is 30.8. The Balaban J connectivity index is 2.04. The van der Waals surface area contributed by atoms with Gasteiger partial charge in [0.15, 0.2) is 0 Å². The highest BCUT2D eigenvalue weighted by Gasteiger charge is 2.20. The Morgan fingerprint density at radius 1 is 1.19 bits per heavy atom. The number of nitrogens with zero attached hydrogens (tertiary/aromatic N) is 2. The largest absolute Gasteiger partial charge is 0.348 e. The van der Waals surface area contributed by atoms with Gasteiger partial charge < -0.3 is 15.5 Å². The Bertz CT molecular complexity index is 730. The fourth-order valence-electron chi connectivity index (χ4n) is 2.24. The number of urea groups is 1. The summed E-state index contributed by atoms with van der Waals surface area (Å²) in [5, 5.41) is 8.26. The van der Waals surface area contributed by atoms with Crippen LogP contribution in [0.25, 0.3) is 0 Å². The molecule has 1 aromatic heterocycles. The number of aromatic nitrogens is 1. The fraction of sp³-hybridized carbons (Fsp3) is 0.421. The van der Waals surface area contributed by atoms with Gasteiger partial charge in [0.25, 0.3) is 5.91 Å². The highest BCUT2D eigenvalue weighted by Crippen LogP contribution is 2.16. The number of hydrogen-bond acceptors (Lipinski definition) is 4. The van der Waals surface area contributed by atoms with E-state index in [-0.39, 0.29) is 24.0 Å². The lowest BCUT2D eigenvalue weighted by molar-refractivity contribution is 0.0934. The summed E-state index contributed by atoms with van der Waals surface area (Å²) in [5.74, 6) is -0.174. The minimum Gasteiger partial charge on any atom is -0.348 e. The number of carbonyl (C=O) groups excluding carboxylic acids is 2. The van der Waals surface area contributed by atoms with Gasteiger partial charge in [-0.25, -0.2) is 9.78 Å². The molecule has 0 radical (unpaired) electrons. The minimum absolute atomic E-state index is 0.00000222. The monoisotopic (exact) mass is 374 g/mol. The van der Waals surface area contributed by atoms with Crippen LogP contribution in [-0.4, -0.2) is 33.9 Å². The number of para-hydroxylation sites is 1. The third kappa shape index (κ3) is 5.56. The summed E-state index contributed by atoms with van der Waals surface area (Å²) in [5.41, 5.74) is 1.15. The van der Waals surface area contributed by atoms with Gasteiger partial charge in [-0.1, -0.05) is 25.1 Å². The second kappa shape index (κ2) is 9.33. The van der Waals surface area contributed by atoms with E-state index in [1.807, 2.05) is 58.0 Å². The number of nitrogens with one attached hydrogen (secondary N) is 2. The molecule has 1 unspecified atom stereocenters. The number of anilines is 1. The quantitative estimate of drug-likeness (QED) is 0.766. The number of benzene rings is 1. The van der Waals surface area contributed by atoms with E-state index in [1.165, 1.54) is 11.3 Å². The zero-order chi connectivity index (χ0) is 19.1. The molecule has 0 aliphatic carbocycles. The molecular weight excluding hydrogens is 348 g/mol. The van der Waals surface area contributed by atoms with E-state index in [1.54, 1.807) is 10.3 Å². The summed E-state index contributed by atoms with van der Waals surface area (Å²) in [6.07, 6.45) is 0.865. The van der Waals surface area contributed by atoms with Gasteiger partial charge in [-0.3, -0.25) is 4.79 Å². The lowest BCUT2D eigenvalue weighted by Crippen LogP contribution is -2.39. The molecule has 7 heteroatoms. The van der Waals surface area contributed by atoms with E-state index in [4.69, 9.17) is 0 Å². The van der Waals surface area contributed by atoms with Gasteiger partial charge in [-0.15, -0.1) is 11.3 Å². The Kier molecular flexibility index (Phi) is 7.15. The number of thiazole rings is 1. The van der Waals surface area contributed by atoms with Crippen LogP contribution in [0.3, 0.4) is 0 Å². The number of rotatable bonds is 7. The van der Waals surface area contributed by atoms with Crippen molar-refractivity contribution in [2.75, 3.05) is 5.32 Å². The Hall–Kier alpha value is -2.41. The van der Waals surface area contributed by atoms with Gasteiger partial charge in [0, 0.05) is 23.2 Å². The normalized spacial score (nSPS) is 11.9. The number of hydrogen-bond donors (Lipinski definition) is 2. The van der Waals surface area contributed by atoms with E-state index < -0.39 is 0 Å². The smallest absolute Gasteiger partial charge is 0.322 e. The maximum absolute atomic E-state index is 12.6. The molecule has 0 bridgehead atoms. The second-order valence-corrected chi connectivity index (χ2v) is 7.37. The summed E-state index contributed by atoms with van der Waals surface area (Å²) in [6.45, 7) is 8.24. The van der Waals surface area contributed by atoms with Crippen molar-refractivity contribution in [2.45, 2.75) is 52.7 Å². The van der Waals surface area contributed by atoms with Crippen molar-refractivity contribution >= 4 is 29.0 Å². The third-order valence-electron chi connectivity index (χ3n) is 3.99. The molecule has 0 aliphatic heterocycles. The highest BCUT2D eigenvalue weighted by atomic mass is 32.1. The van der Waals surface area contributed by atoms with Crippen molar-refractivity contribution in [1.29, 1.82) is 0 Å². The average molecular weight is 375 g/mol. The molecule has 1 atom stereocenters. The lowest BCUT2D eigenvalue weighted by atomic mass is 10.2. The van der Waals surface area contributed by atoms with Crippen LogP contribution in [0.4, 0.5) is 10.5 Å². The molecule has 1 aromatic carbocycles. The molecule has 140 valence electrons. The zero-order valence-corrected chi connectivity index (χ0v) is 16.5. The van der Waals surface area contributed by atoms with Gasteiger partial charge in [-0.2, -0.15) is 0 Å². The van der Waals surface area contributed by atoms with Crippen molar-refractivity contribution < 1.29 is 9.59 Å². The van der Waals surface area contributed by atoms with Gasteiger partial charge >= 0.3 is 6.03 Å². The molecule has 0 fully saturated rings. The first kappa shape index (κ1) is 19.9. The van der Waals surface area contributed by atoms with Gasteiger partial charge in [0.05, 0.1) is 6.54 Å². The molecule has 0 spiro atoms. The standard InChI is InChI=1S/C19H26N4O2S/c1-5-14(4)20-18(24)16-12-26-17(22-16)11-23(13(2)3)19(25)21-15-9-7-6-8-10-15/h6-10,12-14H,5,11H2,1-4H3,(H,20,24)(H,21,25). The first-order chi connectivity index (χ1) is 12.4. The predicted octanol–water partition coefficient (Wildman–Crippen LogP) is 4.11. The molecule has 0 saturated heterocycles. The molecule has 2 rings (SSSR count). The number of amides is 3. The number of carbonyl (C=O) groups is 2. The molecular formula is C19H26N4O2S. The highest BCUT2D eigenvalue weighted by molar-refractivity contribution is 7.09. The molecule has 0 saturated carbocycles. The second-order valence-electron chi connectivity index (χ2n) is 6.43. The molecule has 3 amide bonds. The maximum Gasteiger partial charge on any atom is 0.322 e. The van der Waals surface area contributed by atoms with Crippen molar-refractivity contribution in [3.63, 3.8) is 0 Å². The molecule has 6 nitrogen and oxygen atoms in total. The van der Waals surface area contributed by atoms with Gasteiger partial charge in [-0.05, 0) is 39.3 Å². The van der Waals surface area contributed by atoms with Crippen LogP contribution in [0.1, 0.15) is 49.6 Å². The third-order valence-corrected chi connectivity index (χ3v) is 4.82. The van der Waals surface area contributed by atoms with Crippen molar-refractivity contribution in [1.82, 2.24) is 15.2 Å². The SMILES string of the molecule is CCC(C)NC(=O)c1csc(CN(C(=O)Nc2ccccc2)C(C)C)n1. The van der Waals surface area contributed by atoms with Gasteiger partial charge in [0.2, 0.25) is 0 Å². The first-order valence-corrected chi connectivity index (χ1v) is 9.66. The van der Waals surface area contributed by atoms with Crippen molar-refractivity contribution in [2.24, 2.45) is 0 Å². The molecule has 2 aromatic rings. The topological polar surface area (TPSA) is 74.3 Å². The minimum atomic E-state index is -0.188. The zero-order valence-electron chi connectivity index (χ0n) is 15.7. The Morgan fingerprint density at radius 3 is 2.50 bits per heavy atom. The molecule has 2 N–H and O–H groups in total. The van der Waals surface area contributed by atoms with Crippen LogP contribution in [0.5, 0.6) is 0 Å². The van der Waals surface area contributed by atoms with Crippen LogP contribution in [0.2, 0.25) is 0 Å². The van der Waals surface area contributed by atoms with Crippen molar-refractivity contribution in [3.05, 3.63) is 46.4 Å². The first-order valence-electron chi connectivity index (χ1n) is 8.78. The lowest BCUT2D eigenvalue weighted by Gasteiger charge is -2.26. The van der Waals surface area contributed by atoms with Crippen LogP contribution >= 0.6 is 11.3 Å². The van der Waals surface area contributed by atoms with Crippen LogP contribution < -0.4 is 10.6 Å². The maximum atomic E-state index is 12.6. The molecule has 26 heavy (non-hydrogen) atoms. The van der Waals surface area contributed by atoms with Crippen LogP contribution in [-0.2, 0) is 6.54 Å². The van der Waals surface area contributed by atoms with E-state index in [0.29, 0.717) is 12.2 Å². The Labute approximate surface area is 158 Å². The summed E-state index contributed by atoms with van der Waals surface area (Å²) < 4.78 is 0. The summed E-state index contributed by atoms with van der Waals surface area (Å²) in [6, 6.07) is 9.26. The molecule has 1 heterocycles. The summed E-state index contributed by atoms with van der Waals surface area (Å²) >= 11 is 1.39. The van der Waals surface area contributed by atoms with Gasteiger partial charge in [0.1, 0.15) is 10.7 Å². The summed E-state index contributed by atoms with van der Waals surface area (Å²) in [7, 11) is 0. The Morgan fingerprint density at radius 2 is 1.88 bits per heavy atom. The predicted molar refractivity (Wildman–Crippen MR) is 105 cm³/mol.